The summed E-state index contributed by atoms with van der Waals surface area (Å²) in [5.41, 5.74) is 6.57. The van der Waals surface area contributed by atoms with E-state index in [2.05, 4.69) is 53.4 Å². The van der Waals surface area contributed by atoms with Gasteiger partial charge in [-0.25, -0.2) is 0 Å². The standard InChI is InChI=1S/C27H50N2O3.C4H10/c1-6-7-18-29(24(31)22-12-8-9-19-32-22)25(2,3)16-14-23-26(4)15-10-11-21(30)20(26)13-17-27(23,5)28;1-3-4-2/h20-23,30H,6-19,28H2,1-5H3;3-4H2,1-2H3. The molecule has 0 spiro atoms. The van der Waals surface area contributed by atoms with Crippen molar-refractivity contribution in [1.82, 2.24) is 4.90 Å². The number of unbranched alkanes of at least 4 members (excludes halogenated alkanes) is 2. The van der Waals surface area contributed by atoms with Gasteiger partial charge in [0.1, 0.15) is 6.10 Å². The minimum absolute atomic E-state index is 0.0836. The summed E-state index contributed by atoms with van der Waals surface area (Å²) in [5, 5.41) is 10.8. The molecule has 3 fully saturated rings. The molecule has 0 bridgehead atoms. The molecule has 3 N–H and O–H groups in total. The topological polar surface area (TPSA) is 75.8 Å². The van der Waals surface area contributed by atoms with Gasteiger partial charge in [0, 0.05) is 24.2 Å². The number of hydrogen-bond acceptors (Lipinski definition) is 4. The highest BCUT2D eigenvalue weighted by Gasteiger charge is 2.55. The number of aliphatic hydroxyl groups excluding tert-OH is 1. The molecule has 0 aromatic rings. The third-order valence-corrected chi connectivity index (χ3v) is 9.84. The van der Waals surface area contributed by atoms with Gasteiger partial charge in [0.15, 0.2) is 0 Å². The molecular weight excluding hydrogens is 448 g/mol. The van der Waals surface area contributed by atoms with Gasteiger partial charge in [-0.2, -0.15) is 0 Å². The number of nitrogens with zero attached hydrogens (tertiary/aromatic N) is 1. The fourth-order valence-corrected chi connectivity index (χ4v) is 7.30. The van der Waals surface area contributed by atoms with Gasteiger partial charge in [-0.15, -0.1) is 0 Å². The van der Waals surface area contributed by atoms with Crippen LogP contribution in [0.5, 0.6) is 0 Å². The van der Waals surface area contributed by atoms with Gasteiger partial charge >= 0.3 is 0 Å². The molecule has 5 heteroatoms. The van der Waals surface area contributed by atoms with Crippen molar-refractivity contribution in [2.45, 2.75) is 162 Å². The third-order valence-electron chi connectivity index (χ3n) is 9.84. The highest BCUT2D eigenvalue weighted by Crippen LogP contribution is 2.57. The second-order valence-electron chi connectivity index (χ2n) is 13.2. The van der Waals surface area contributed by atoms with Crippen molar-refractivity contribution in [2.75, 3.05) is 13.2 Å². The number of carbonyl (C=O) groups is 1. The van der Waals surface area contributed by atoms with E-state index in [1.54, 1.807) is 0 Å². The fourth-order valence-electron chi connectivity index (χ4n) is 7.30. The molecule has 0 radical (unpaired) electrons. The molecular formula is C31H60N2O3. The summed E-state index contributed by atoms with van der Waals surface area (Å²) in [4.78, 5) is 15.6. The zero-order valence-electron chi connectivity index (χ0n) is 24.9. The van der Waals surface area contributed by atoms with E-state index in [4.69, 9.17) is 10.5 Å². The Labute approximate surface area is 223 Å². The van der Waals surface area contributed by atoms with Gasteiger partial charge in [0.25, 0.3) is 5.91 Å². The van der Waals surface area contributed by atoms with E-state index < -0.39 is 0 Å². The number of carbonyl (C=O) groups excluding carboxylic acids is 1. The molecule has 1 saturated heterocycles. The number of fused-ring (bicyclic) bond motifs is 1. The molecule has 212 valence electrons. The summed E-state index contributed by atoms with van der Waals surface area (Å²) in [6, 6.07) is 0. The van der Waals surface area contributed by atoms with Gasteiger partial charge in [-0.3, -0.25) is 4.79 Å². The van der Waals surface area contributed by atoms with Crippen LogP contribution in [-0.2, 0) is 9.53 Å². The quantitative estimate of drug-likeness (QED) is 0.357. The lowest BCUT2D eigenvalue weighted by molar-refractivity contribution is -0.153. The minimum Gasteiger partial charge on any atom is -0.393 e. The maximum absolute atomic E-state index is 13.5. The van der Waals surface area contributed by atoms with Crippen molar-refractivity contribution < 1.29 is 14.6 Å². The first kappa shape index (κ1) is 31.6. The number of ether oxygens (including phenoxy) is 1. The average Bonchev–Trinajstić information content (AvgIpc) is 2.83. The summed E-state index contributed by atoms with van der Waals surface area (Å²) in [6.07, 6.45) is 14.4. The van der Waals surface area contributed by atoms with Crippen LogP contribution in [0.25, 0.3) is 0 Å². The van der Waals surface area contributed by atoms with Crippen molar-refractivity contribution in [3.63, 3.8) is 0 Å². The van der Waals surface area contributed by atoms with Gasteiger partial charge in [-0.05, 0) is 102 Å². The molecule has 0 aromatic carbocycles. The molecule has 2 saturated carbocycles. The molecule has 0 aromatic heterocycles. The van der Waals surface area contributed by atoms with E-state index in [0.29, 0.717) is 18.4 Å². The van der Waals surface area contributed by atoms with E-state index in [1.807, 2.05) is 0 Å². The lowest BCUT2D eigenvalue weighted by Gasteiger charge is -2.59. The largest absolute Gasteiger partial charge is 0.393 e. The molecule has 36 heavy (non-hydrogen) atoms. The van der Waals surface area contributed by atoms with E-state index in [0.717, 1.165) is 83.6 Å². The van der Waals surface area contributed by atoms with Gasteiger partial charge < -0.3 is 20.5 Å². The van der Waals surface area contributed by atoms with Crippen LogP contribution in [0, 0.1) is 17.3 Å². The lowest BCUT2D eigenvalue weighted by atomic mass is 9.49. The van der Waals surface area contributed by atoms with E-state index in [1.165, 1.54) is 12.8 Å². The van der Waals surface area contributed by atoms with Crippen molar-refractivity contribution in [3.8, 4) is 0 Å². The molecule has 1 aliphatic heterocycles. The van der Waals surface area contributed by atoms with Crippen molar-refractivity contribution in [3.05, 3.63) is 0 Å². The third kappa shape index (κ3) is 7.69. The second kappa shape index (κ2) is 13.9. The van der Waals surface area contributed by atoms with Crippen molar-refractivity contribution >= 4 is 5.91 Å². The Hall–Kier alpha value is -0.650. The van der Waals surface area contributed by atoms with Gasteiger partial charge in [0.2, 0.25) is 0 Å². The Balaban J connectivity index is 0.00000106. The predicted octanol–water partition coefficient (Wildman–Crippen LogP) is 6.84. The number of hydrogen-bond donors (Lipinski definition) is 2. The first-order valence-corrected chi connectivity index (χ1v) is 15.3. The SMILES string of the molecule is CCCC.CCCCN(C(=O)C1CCCCO1)C(C)(C)CCC1C(C)(N)CCC2C(O)CCCC21C. The van der Waals surface area contributed by atoms with Gasteiger partial charge in [-0.1, -0.05) is 53.4 Å². The zero-order chi connectivity index (χ0) is 27.0. The summed E-state index contributed by atoms with van der Waals surface area (Å²) in [7, 11) is 0. The monoisotopic (exact) mass is 508 g/mol. The molecule has 1 amide bonds. The Kier molecular flexibility index (Phi) is 12.2. The molecule has 6 atom stereocenters. The van der Waals surface area contributed by atoms with Crippen LogP contribution in [0.1, 0.15) is 138 Å². The Morgan fingerprint density at radius 3 is 2.31 bits per heavy atom. The Morgan fingerprint density at radius 2 is 1.72 bits per heavy atom. The van der Waals surface area contributed by atoms with Gasteiger partial charge in [0.05, 0.1) is 6.10 Å². The summed E-state index contributed by atoms with van der Waals surface area (Å²) in [5.74, 6) is 0.894. The van der Waals surface area contributed by atoms with Crippen LogP contribution in [-0.4, -0.2) is 52.4 Å². The maximum atomic E-state index is 13.5. The van der Waals surface area contributed by atoms with Crippen molar-refractivity contribution in [2.24, 2.45) is 23.0 Å². The molecule has 2 aliphatic carbocycles. The number of nitrogens with two attached hydrogens (primary N) is 1. The predicted molar refractivity (Wildman–Crippen MR) is 151 cm³/mol. The average molecular weight is 509 g/mol. The van der Waals surface area contributed by atoms with E-state index >= 15 is 0 Å². The summed E-state index contributed by atoms with van der Waals surface area (Å²) < 4.78 is 5.88. The molecule has 5 nitrogen and oxygen atoms in total. The van der Waals surface area contributed by atoms with E-state index in [-0.39, 0.29) is 34.6 Å². The Bertz CT molecular complexity index is 656. The highest BCUT2D eigenvalue weighted by atomic mass is 16.5. The molecule has 1 heterocycles. The molecule has 3 aliphatic rings. The smallest absolute Gasteiger partial charge is 0.252 e. The zero-order valence-corrected chi connectivity index (χ0v) is 24.9. The van der Waals surface area contributed by atoms with Crippen LogP contribution in [0.4, 0.5) is 0 Å². The molecule has 6 unspecified atom stereocenters. The number of amides is 1. The second-order valence-corrected chi connectivity index (χ2v) is 13.2. The molecule has 3 rings (SSSR count). The van der Waals surface area contributed by atoms with Crippen molar-refractivity contribution in [1.29, 1.82) is 0 Å². The maximum Gasteiger partial charge on any atom is 0.252 e. The van der Waals surface area contributed by atoms with Crippen LogP contribution >= 0.6 is 0 Å². The lowest BCUT2D eigenvalue weighted by Crippen LogP contribution is -2.61. The number of aliphatic hydroxyl groups is 1. The van der Waals surface area contributed by atoms with E-state index in [9.17, 15) is 9.90 Å². The van der Waals surface area contributed by atoms with Crippen LogP contribution < -0.4 is 5.73 Å². The Morgan fingerprint density at radius 1 is 1.03 bits per heavy atom. The number of rotatable bonds is 9. The first-order chi connectivity index (χ1) is 16.9. The normalized spacial score (nSPS) is 34.8. The van der Waals surface area contributed by atoms with Crippen LogP contribution in [0.15, 0.2) is 0 Å². The summed E-state index contributed by atoms with van der Waals surface area (Å²) in [6.45, 7) is 17.1. The highest BCUT2D eigenvalue weighted by molar-refractivity contribution is 5.81. The first-order valence-electron chi connectivity index (χ1n) is 15.3. The van der Waals surface area contributed by atoms with Crippen LogP contribution in [0.3, 0.4) is 0 Å². The summed E-state index contributed by atoms with van der Waals surface area (Å²) >= 11 is 0. The minimum atomic E-state index is -0.273. The van der Waals surface area contributed by atoms with Crippen LogP contribution in [0.2, 0.25) is 0 Å². The fraction of sp³-hybridized carbons (Fsp3) is 0.968.